The molecule has 2 fully saturated rings. The van der Waals surface area contributed by atoms with Crippen LogP contribution in [-0.2, 0) is 43.1 Å². The lowest BCUT2D eigenvalue weighted by atomic mass is 10.0. The summed E-state index contributed by atoms with van der Waals surface area (Å²) in [7, 11) is -0.789. The Hall–Kier alpha value is -4.56. The van der Waals surface area contributed by atoms with Crippen molar-refractivity contribution in [2.24, 2.45) is 0 Å². The lowest BCUT2D eigenvalue weighted by Crippen LogP contribution is -2.58. The maximum atomic E-state index is 14.1. The minimum absolute atomic E-state index is 0.149. The number of aromatic nitrogens is 2. The minimum Gasteiger partial charge on any atom is -0.481 e. The highest BCUT2D eigenvalue weighted by atomic mass is 31.2. The zero-order chi connectivity index (χ0) is 36.5. The zero-order valence-corrected chi connectivity index (χ0v) is 29.6. The monoisotopic (exact) mass is 723 g/mol. The van der Waals surface area contributed by atoms with Crippen molar-refractivity contribution in [1.82, 2.24) is 35.7 Å². The average Bonchev–Trinajstić information content (AvgIpc) is 3.75. The third-order valence-corrected chi connectivity index (χ3v) is 9.77. The molecule has 3 aromatic rings. The van der Waals surface area contributed by atoms with Crippen molar-refractivity contribution in [2.45, 2.75) is 81.7 Å². The van der Waals surface area contributed by atoms with E-state index in [1.807, 2.05) is 30.3 Å². The van der Waals surface area contributed by atoms with Crippen LogP contribution >= 0.6 is 7.60 Å². The van der Waals surface area contributed by atoms with Crippen LogP contribution in [0, 0.1) is 0 Å². The van der Waals surface area contributed by atoms with Gasteiger partial charge in [-0.2, -0.15) is 0 Å². The first-order valence-corrected chi connectivity index (χ1v) is 18.8. The van der Waals surface area contributed by atoms with E-state index in [9.17, 15) is 23.7 Å². The van der Waals surface area contributed by atoms with Crippen LogP contribution in [0.15, 0.2) is 67.1 Å². The molecule has 3 heterocycles. The predicted molar refractivity (Wildman–Crippen MR) is 187 cm³/mol. The van der Waals surface area contributed by atoms with Crippen molar-refractivity contribution in [3.8, 4) is 5.75 Å². The maximum Gasteiger partial charge on any atom is 0.362 e. The van der Waals surface area contributed by atoms with E-state index in [2.05, 4.69) is 25.9 Å². The van der Waals surface area contributed by atoms with Crippen molar-refractivity contribution in [2.75, 3.05) is 20.4 Å². The molecule has 2 aromatic carbocycles. The number of nitrogens with zero attached hydrogens (tertiary/aromatic N) is 3. The fourth-order valence-electron chi connectivity index (χ4n) is 6.64. The standard InChI is InChI=1S/C35H46N7O8P/c1-41(2)31(17-23-11-14-27(15-12-23)50-22-51(47,48)49)34(45)39-28-10-6-9-26-13-16-30(42(26)35(28)46)33(44)40-29(18-25-20-36-21-38-25)32(43)37-19-24-7-4-3-5-8-24/h3-5,7-8,11-12,14-15,20-21,26,28-31H,6,9-10,13,16-19,22H2,1-2H3,(H,36,38)(H,37,43)(H,39,45)(H,40,44)(H2,47,48,49)/t26?,28-,29-,30-,31-/m0/s1. The van der Waals surface area contributed by atoms with Crippen molar-refractivity contribution in [1.29, 1.82) is 0 Å². The molecule has 0 spiro atoms. The van der Waals surface area contributed by atoms with E-state index in [0.717, 1.165) is 11.1 Å². The number of hydrogen-bond acceptors (Lipinski definition) is 8. The number of H-pyrrole nitrogens is 1. The highest BCUT2D eigenvalue weighted by Crippen LogP contribution is 2.35. The molecule has 4 amide bonds. The summed E-state index contributed by atoms with van der Waals surface area (Å²) in [6.07, 6.45) is 5.77. The van der Waals surface area contributed by atoms with Crippen LogP contribution in [0.25, 0.3) is 0 Å². The molecule has 2 aliphatic rings. The molecular weight excluding hydrogens is 677 g/mol. The Morgan fingerprint density at radius 2 is 1.75 bits per heavy atom. The number of imidazole rings is 1. The van der Waals surface area contributed by atoms with Crippen molar-refractivity contribution in [3.63, 3.8) is 0 Å². The predicted octanol–water partition coefficient (Wildman–Crippen LogP) is 1.47. The Balaban J connectivity index is 1.23. The molecular formula is C35H46N7O8P. The van der Waals surface area contributed by atoms with Gasteiger partial charge in [0.25, 0.3) is 0 Å². The van der Waals surface area contributed by atoms with Gasteiger partial charge in [0.15, 0.2) is 6.35 Å². The normalized spacial score (nSPS) is 20.2. The lowest BCUT2D eigenvalue weighted by molar-refractivity contribution is -0.143. The first-order chi connectivity index (χ1) is 24.4. The van der Waals surface area contributed by atoms with Gasteiger partial charge in [0.2, 0.25) is 23.6 Å². The SMILES string of the molecule is CN(C)[C@@H](Cc1ccc(OCP(=O)(O)O)cc1)C(=O)N[C@H]1CCCC2CC[C@@H](C(=O)N[C@@H](Cc3cnc[nH]3)C(=O)NCc3ccccc3)N2C1=O. The Labute approximate surface area is 296 Å². The number of aromatic amines is 1. The molecule has 15 nitrogen and oxygen atoms in total. The number of benzene rings is 2. The van der Waals surface area contributed by atoms with Crippen molar-refractivity contribution < 1.29 is 38.3 Å². The van der Waals surface area contributed by atoms with Crippen LogP contribution in [0.5, 0.6) is 5.75 Å². The zero-order valence-electron chi connectivity index (χ0n) is 28.7. The number of carbonyl (C=O) groups excluding carboxylic acids is 4. The molecule has 5 atom stereocenters. The van der Waals surface area contributed by atoms with Gasteiger partial charge in [0.05, 0.1) is 12.4 Å². The summed E-state index contributed by atoms with van der Waals surface area (Å²) >= 11 is 0. The molecule has 1 aromatic heterocycles. The summed E-state index contributed by atoms with van der Waals surface area (Å²) in [6.45, 7) is 0.291. The Bertz CT molecular complexity index is 1680. The molecule has 6 N–H and O–H groups in total. The van der Waals surface area contributed by atoms with Crippen LogP contribution < -0.4 is 20.7 Å². The number of carbonyl (C=O) groups is 4. The van der Waals surface area contributed by atoms with Crippen LogP contribution in [0.1, 0.15) is 48.9 Å². The van der Waals surface area contributed by atoms with Gasteiger partial charge in [-0.25, -0.2) is 4.98 Å². The molecule has 2 aliphatic heterocycles. The number of amides is 4. The van der Waals surface area contributed by atoms with E-state index in [4.69, 9.17) is 14.5 Å². The topological polar surface area (TPSA) is 206 Å². The van der Waals surface area contributed by atoms with Gasteiger partial charge in [0, 0.05) is 30.9 Å². The number of fused-ring (bicyclic) bond motifs is 1. The number of ether oxygens (including phenoxy) is 1. The van der Waals surface area contributed by atoms with Crippen LogP contribution in [-0.4, -0.2) is 104 Å². The van der Waals surface area contributed by atoms with Gasteiger partial charge in [-0.1, -0.05) is 42.5 Å². The molecule has 274 valence electrons. The lowest BCUT2D eigenvalue weighted by Gasteiger charge is -2.32. The summed E-state index contributed by atoms with van der Waals surface area (Å²) in [5.41, 5.74) is 2.38. The highest BCUT2D eigenvalue weighted by Gasteiger charge is 2.45. The van der Waals surface area contributed by atoms with Gasteiger partial charge in [-0.05, 0) is 75.9 Å². The fourth-order valence-corrected chi connectivity index (χ4v) is 6.95. The maximum absolute atomic E-state index is 14.1. The molecule has 0 saturated carbocycles. The number of rotatable bonds is 15. The number of nitrogens with one attached hydrogen (secondary N) is 4. The van der Waals surface area contributed by atoms with E-state index < -0.39 is 44.0 Å². The van der Waals surface area contributed by atoms with E-state index in [1.165, 1.54) is 6.33 Å². The fraction of sp³-hybridized carbons (Fsp3) is 0.457. The Kier molecular flexibility index (Phi) is 12.6. The molecule has 2 saturated heterocycles. The first kappa shape index (κ1) is 37.7. The molecule has 0 radical (unpaired) electrons. The van der Waals surface area contributed by atoms with Gasteiger partial charge in [-0.15, -0.1) is 0 Å². The molecule has 1 unspecified atom stereocenters. The summed E-state index contributed by atoms with van der Waals surface area (Å²) in [6, 6.07) is 12.7. The quantitative estimate of drug-likeness (QED) is 0.125. The van der Waals surface area contributed by atoms with Crippen LogP contribution in [0.3, 0.4) is 0 Å². The number of hydrogen-bond donors (Lipinski definition) is 6. The molecule has 0 aliphatic carbocycles. The minimum atomic E-state index is -4.32. The summed E-state index contributed by atoms with van der Waals surface area (Å²) in [4.78, 5) is 83.5. The number of likely N-dealkylation sites (N-methyl/N-ethyl adjacent to an activating group) is 1. The molecule has 51 heavy (non-hydrogen) atoms. The smallest absolute Gasteiger partial charge is 0.362 e. The van der Waals surface area contributed by atoms with Crippen molar-refractivity contribution >= 4 is 31.2 Å². The van der Waals surface area contributed by atoms with Gasteiger partial charge < -0.3 is 40.4 Å². The third kappa shape index (κ3) is 10.5. The first-order valence-electron chi connectivity index (χ1n) is 17.0. The van der Waals surface area contributed by atoms with Gasteiger partial charge >= 0.3 is 7.60 Å². The third-order valence-electron chi connectivity index (χ3n) is 9.30. The Morgan fingerprint density at radius 1 is 1.00 bits per heavy atom. The Morgan fingerprint density at radius 3 is 2.41 bits per heavy atom. The second kappa shape index (κ2) is 17.1. The van der Waals surface area contributed by atoms with E-state index in [0.29, 0.717) is 50.8 Å². The van der Waals surface area contributed by atoms with Gasteiger partial charge in [-0.3, -0.25) is 28.6 Å². The average molecular weight is 724 g/mol. The molecule has 16 heteroatoms. The van der Waals surface area contributed by atoms with Gasteiger partial charge in [0.1, 0.15) is 23.9 Å². The molecule has 0 bridgehead atoms. The second-order valence-electron chi connectivity index (χ2n) is 13.3. The van der Waals surface area contributed by atoms with Crippen LogP contribution in [0.4, 0.5) is 0 Å². The van der Waals surface area contributed by atoms with Crippen molar-refractivity contribution in [3.05, 3.63) is 83.9 Å². The highest BCUT2D eigenvalue weighted by molar-refractivity contribution is 7.51. The summed E-state index contributed by atoms with van der Waals surface area (Å²) in [5, 5.41) is 8.78. The van der Waals surface area contributed by atoms with Crippen LogP contribution in [0.2, 0.25) is 0 Å². The second-order valence-corrected chi connectivity index (χ2v) is 14.9. The molecule has 5 rings (SSSR count). The van der Waals surface area contributed by atoms with E-state index in [-0.39, 0.29) is 35.9 Å². The largest absolute Gasteiger partial charge is 0.481 e. The van der Waals surface area contributed by atoms with E-state index >= 15 is 0 Å². The summed E-state index contributed by atoms with van der Waals surface area (Å²) < 4.78 is 16.3. The van der Waals surface area contributed by atoms with E-state index in [1.54, 1.807) is 54.4 Å². The summed E-state index contributed by atoms with van der Waals surface area (Å²) in [5.74, 6) is -1.14.